The number of rotatable bonds is 3. The first-order chi connectivity index (χ1) is 9.88. The number of halogens is 3. The van der Waals surface area contributed by atoms with Crippen molar-refractivity contribution < 1.29 is 14.7 Å². The van der Waals surface area contributed by atoms with E-state index in [4.69, 9.17) is 16.7 Å². The van der Waals surface area contributed by atoms with E-state index in [0.29, 0.717) is 10.0 Å². The lowest BCUT2D eigenvalue weighted by Gasteiger charge is -2.09. The van der Waals surface area contributed by atoms with Crippen molar-refractivity contribution in [2.45, 2.75) is 0 Å². The maximum atomic E-state index is 12.2. The lowest BCUT2D eigenvalue weighted by molar-refractivity contribution is 0.0696. The molecular weight excluding hydrogens is 425 g/mol. The summed E-state index contributed by atoms with van der Waals surface area (Å²) in [5.74, 6) is -1.48. The van der Waals surface area contributed by atoms with Gasteiger partial charge in [-0.3, -0.25) is 4.79 Å². The van der Waals surface area contributed by atoms with Crippen LogP contribution in [0.25, 0.3) is 0 Å². The number of nitrogens with one attached hydrogen (secondary N) is 1. The predicted octanol–water partition coefficient (Wildman–Crippen LogP) is 4.82. The zero-order valence-electron chi connectivity index (χ0n) is 10.4. The summed E-state index contributed by atoms with van der Waals surface area (Å²) in [4.78, 5) is 23.2. The Morgan fingerprint density at radius 3 is 2.43 bits per heavy atom. The van der Waals surface area contributed by atoms with E-state index in [9.17, 15) is 9.59 Å². The molecule has 0 saturated heterocycles. The van der Waals surface area contributed by atoms with Crippen LogP contribution < -0.4 is 5.32 Å². The van der Waals surface area contributed by atoms with Crippen LogP contribution >= 0.6 is 43.5 Å². The van der Waals surface area contributed by atoms with Crippen molar-refractivity contribution in [2.75, 3.05) is 5.32 Å². The highest BCUT2D eigenvalue weighted by atomic mass is 79.9. The van der Waals surface area contributed by atoms with Gasteiger partial charge in [0, 0.05) is 8.95 Å². The van der Waals surface area contributed by atoms with E-state index in [0.717, 1.165) is 4.47 Å². The average Bonchev–Trinajstić information content (AvgIpc) is 2.40. The summed E-state index contributed by atoms with van der Waals surface area (Å²) in [7, 11) is 0. The van der Waals surface area contributed by atoms with E-state index < -0.39 is 5.97 Å². The third kappa shape index (κ3) is 3.84. The van der Waals surface area contributed by atoms with E-state index in [1.165, 1.54) is 18.2 Å². The van der Waals surface area contributed by atoms with Gasteiger partial charge in [-0.1, -0.05) is 27.5 Å². The minimum absolute atomic E-state index is 0.0459. The molecule has 0 fully saturated rings. The second kappa shape index (κ2) is 6.60. The van der Waals surface area contributed by atoms with Crippen LogP contribution in [-0.4, -0.2) is 17.0 Å². The predicted molar refractivity (Wildman–Crippen MR) is 88.2 cm³/mol. The van der Waals surface area contributed by atoms with Gasteiger partial charge in [-0.25, -0.2) is 4.79 Å². The Labute approximate surface area is 142 Å². The molecule has 2 aromatic carbocycles. The van der Waals surface area contributed by atoms with Gasteiger partial charge in [-0.05, 0) is 52.3 Å². The summed E-state index contributed by atoms with van der Waals surface area (Å²) < 4.78 is 1.44. The largest absolute Gasteiger partial charge is 0.478 e. The Morgan fingerprint density at radius 2 is 1.81 bits per heavy atom. The quantitative estimate of drug-likeness (QED) is 0.730. The SMILES string of the molecule is O=C(O)c1ccc(Cl)c(NC(=O)c2ccc(Br)cc2Br)c1. The van der Waals surface area contributed by atoms with E-state index in [1.54, 1.807) is 18.2 Å². The molecule has 0 spiro atoms. The smallest absolute Gasteiger partial charge is 0.335 e. The molecule has 2 aromatic rings. The molecule has 0 bridgehead atoms. The van der Waals surface area contributed by atoms with Crippen molar-refractivity contribution in [3.8, 4) is 0 Å². The third-order valence-electron chi connectivity index (χ3n) is 2.64. The van der Waals surface area contributed by atoms with Gasteiger partial charge >= 0.3 is 5.97 Å². The molecular formula is C14H8Br2ClNO3. The molecule has 0 aliphatic rings. The average molecular weight is 433 g/mol. The van der Waals surface area contributed by atoms with Gasteiger partial charge in [0.25, 0.3) is 5.91 Å². The van der Waals surface area contributed by atoms with Crippen molar-refractivity contribution in [1.29, 1.82) is 0 Å². The topological polar surface area (TPSA) is 66.4 Å². The first kappa shape index (κ1) is 16.0. The summed E-state index contributed by atoms with van der Waals surface area (Å²) in [6, 6.07) is 9.22. The zero-order chi connectivity index (χ0) is 15.6. The number of benzene rings is 2. The Kier molecular flexibility index (Phi) is 5.03. The van der Waals surface area contributed by atoms with Crippen LogP contribution in [0.15, 0.2) is 45.3 Å². The minimum atomic E-state index is -1.09. The Balaban J connectivity index is 2.31. The van der Waals surface area contributed by atoms with Gasteiger partial charge in [-0.15, -0.1) is 0 Å². The molecule has 0 atom stereocenters. The normalized spacial score (nSPS) is 10.2. The number of hydrogen-bond donors (Lipinski definition) is 2. The summed E-state index contributed by atoms with van der Waals surface area (Å²) in [5.41, 5.74) is 0.705. The van der Waals surface area contributed by atoms with Crippen molar-refractivity contribution in [3.05, 3.63) is 61.5 Å². The lowest BCUT2D eigenvalue weighted by atomic mass is 10.1. The van der Waals surface area contributed by atoms with Crippen molar-refractivity contribution >= 4 is 61.0 Å². The second-order valence-corrected chi connectivity index (χ2v) is 6.26. The van der Waals surface area contributed by atoms with Crippen LogP contribution in [0.2, 0.25) is 5.02 Å². The molecule has 0 aliphatic heterocycles. The van der Waals surface area contributed by atoms with E-state index in [2.05, 4.69) is 37.2 Å². The highest BCUT2D eigenvalue weighted by Crippen LogP contribution is 2.26. The maximum absolute atomic E-state index is 12.2. The first-order valence-corrected chi connectivity index (χ1v) is 7.64. The number of carbonyl (C=O) groups excluding carboxylic acids is 1. The van der Waals surface area contributed by atoms with Crippen LogP contribution in [0.1, 0.15) is 20.7 Å². The summed E-state index contributed by atoms with van der Waals surface area (Å²) in [6.45, 7) is 0. The lowest BCUT2D eigenvalue weighted by Crippen LogP contribution is -2.13. The van der Waals surface area contributed by atoms with Gasteiger partial charge in [0.1, 0.15) is 0 Å². The van der Waals surface area contributed by atoms with Crippen LogP contribution in [0, 0.1) is 0 Å². The molecule has 0 unspecified atom stereocenters. The molecule has 0 aliphatic carbocycles. The molecule has 1 amide bonds. The standard InChI is InChI=1S/C14H8Br2ClNO3/c15-8-2-3-9(10(16)6-8)13(19)18-12-5-7(14(20)21)1-4-11(12)17/h1-6H,(H,18,19)(H,20,21). The fourth-order valence-corrected chi connectivity index (χ4v) is 3.01. The van der Waals surface area contributed by atoms with Crippen LogP contribution in [0.4, 0.5) is 5.69 Å². The summed E-state index contributed by atoms with van der Waals surface area (Å²) in [5, 5.41) is 11.8. The molecule has 0 heterocycles. The number of amides is 1. The monoisotopic (exact) mass is 431 g/mol. The Bertz CT molecular complexity index is 734. The molecule has 0 aromatic heterocycles. The molecule has 2 rings (SSSR count). The van der Waals surface area contributed by atoms with E-state index >= 15 is 0 Å². The highest BCUT2D eigenvalue weighted by Gasteiger charge is 2.14. The van der Waals surface area contributed by atoms with Gasteiger partial charge in [-0.2, -0.15) is 0 Å². The maximum Gasteiger partial charge on any atom is 0.335 e. The zero-order valence-corrected chi connectivity index (χ0v) is 14.3. The van der Waals surface area contributed by atoms with Crippen molar-refractivity contribution in [1.82, 2.24) is 0 Å². The number of aromatic carboxylic acids is 1. The Morgan fingerprint density at radius 1 is 1.10 bits per heavy atom. The van der Waals surface area contributed by atoms with Gasteiger partial charge < -0.3 is 10.4 Å². The summed E-state index contributed by atoms with van der Waals surface area (Å²) >= 11 is 12.6. The summed E-state index contributed by atoms with van der Waals surface area (Å²) in [6.07, 6.45) is 0. The molecule has 0 saturated carbocycles. The number of carboxylic acid groups (broad SMARTS) is 1. The van der Waals surface area contributed by atoms with Crippen LogP contribution in [0.5, 0.6) is 0 Å². The number of anilines is 1. The third-order valence-corrected chi connectivity index (χ3v) is 4.12. The van der Waals surface area contributed by atoms with Crippen LogP contribution in [0.3, 0.4) is 0 Å². The van der Waals surface area contributed by atoms with Crippen LogP contribution in [-0.2, 0) is 0 Å². The first-order valence-electron chi connectivity index (χ1n) is 5.67. The Hall–Kier alpha value is -1.37. The molecule has 2 N–H and O–H groups in total. The number of carbonyl (C=O) groups is 2. The number of hydrogen-bond acceptors (Lipinski definition) is 2. The van der Waals surface area contributed by atoms with Crippen molar-refractivity contribution in [3.63, 3.8) is 0 Å². The highest BCUT2D eigenvalue weighted by molar-refractivity contribution is 9.11. The molecule has 0 radical (unpaired) electrons. The fourth-order valence-electron chi connectivity index (χ4n) is 1.62. The number of carboxylic acids is 1. The molecule has 21 heavy (non-hydrogen) atoms. The van der Waals surface area contributed by atoms with Gasteiger partial charge in [0.15, 0.2) is 0 Å². The van der Waals surface area contributed by atoms with Crippen molar-refractivity contribution in [2.24, 2.45) is 0 Å². The molecule has 108 valence electrons. The molecule has 4 nitrogen and oxygen atoms in total. The van der Waals surface area contributed by atoms with E-state index in [1.807, 2.05) is 0 Å². The fraction of sp³-hybridized carbons (Fsp3) is 0. The minimum Gasteiger partial charge on any atom is -0.478 e. The van der Waals surface area contributed by atoms with E-state index in [-0.39, 0.29) is 22.2 Å². The second-order valence-electron chi connectivity index (χ2n) is 4.08. The van der Waals surface area contributed by atoms with Gasteiger partial charge in [0.2, 0.25) is 0 Å². The van der Waals surface area contributed by atoms with Gasteiger partial charge in [0.05, 0.1) is 21.8 Å². The molecule has 7 heteroatoms.